The van der Waals surface area contributed by atoms with Crippen LogP contribution in [-0.2, 0) is 6.18 Å². The third-order valence-electron chi connectivity index (χ3n) is 1.93. The fourth-order valence-corrected chi connectivity index (χ4v) is 1.26. The minimum Gasteiger partial charge on any atom is -0.298 e. The summed E-state index contributed by atoms with van der Waals surface area (Å²) < 4.78 is 37.6. The first-order valence-electron chi connectivity index (χ1n) is 4.17. The number of nitro groups is 2. The van der Waals surface area contributed by atoms with Gasteiger partial charge in [-0.3, -0.25) is 25.0 Å². The Morgan fingerprint density at radius 1 is 1.11 bits per heavy atom. The number of nitro benzene ring substituents is 2. The lowest BCUT2D eigenvalue weighted by atomic mass is 10.1. The molecule has 0 aliphatic carbocycles. The van der Waals surface area contributed by atoms with Crippen molar-refractivity contribution in [1.82, 2.24) is 0 Å². The molecule has 0 atom stereocenters. The summed E-state index contributed by atoms with van der Waals surface area (Å²) in [4.78, 5) is 28.5. The zero-order valence-electron chi connectivity index (χ0n) is 8.30. The zero-order chi connectivity index (χ0) is 14.1. The lowest BCUT2D eigenvalue weighted by Gasteiger charge is -2.07. The predicted octanol–water partition coefficient (Wildman–Crippen LogP) is 2.33. The summed E-state index contributed by atoms with van der Waals surface area (Å²) in [6.07, 6.45) is -5.24. The largest absolute Gasteiger partial charge is 0.423 e. The second-order valence-electron chi connectivity index (χ2n) is 3.07. The van der Waals surface area contributed by atoms with Gasteiger partial charge in [-0.1, -0.05) is 0 Å². The van der Waals surface area contributed by atoms with Gasteiger partial charge >= 0.3 is 17.6 Å². The van der Waals surface area contributed by atoms with Crippen LogP contribution in [0, 0.1) is 20.2 Å². The van der Waals surface area contributed by atoms with E-state index in [-0.39, 0.29) is 12.4 Å². The first-order valence-corrected chi connectivity index (χ1v) is 4.17. The van der Waals surface area contributed by atoms with E-state index in [1.807, 2.05) is 0 Å². The van der Waals surface area contributed by atoms with Gasteiger partial charge in [0.25, 0.3) is 0 Å². The Morgan fingerprint density at radius 2 is 1.67 bits per heavy atom. The highest BCUT2D eigenvalue weighted by molar-refractivity contribution is 5.79. The third-order valence-corrected chi connectivity index (χ3v) is 1.93. The molecule has 0 spiro atoms. The van der Waals surface area contributed by atoms with Gasteiger partial charge < -0.3 is 0 Å². The molecule has 10 heteroatoms. The van der Waals surface area contributed by atoms with E-state index in [2.05, 4.69) is 0 Å². The van der Waals surface area contributed by atoms with Crippen LogP contribution in [-0.4, -0.2) is 16.1 Å². The van der Waals surface area contributed by atoms with Crippen molar-refractivity contribution in [1.29, 1.82) is 0 Å². The van der Waals surface area contributed by atoms with E-state index in [1.165, 1.54) is 0 Å². The molecule has 0 unspecified atom stereocenters. The normalized spacial score (nSPS) is 11.1. The molecular formula is C8H3F3N2O5. The standard InChI is InChI=1S/C8H3F3N2O5/c9-8(10,11)5-1-4(3-14)2-6(12(15)16)7(5)13(17)18/h1-3H. The average Bonchev–Trinajstić information content (AvgIpc) is 2.25. The second-order valence-corrected chi connectivity index (χ2v) is 3.07. The lowest BCUT2D eigenvalue weighted by molar-refractivity contribution is -0.424. The molecule has 0 radical (unpaired) electrons. The van der Waals surface area contributed by atoms with Crippen molar-refractivity contribution < 1.29 is 27.8 Å². The van der Waals surface area contributed by atoms with Gasteiger partial charge in [-0.2, -0.15) is 13.2 Å². The number of carbonyl (C=O) groups excluding carboxylic acids is 1. The van der Waals surface area contributed by atoms with Crippen LogP contribution in [0.25, 0.3) is 0 Å². The fourth-order valence-electron chi connectivity index (χ4n) is 1.26. The van der Waals surface area contributed by atoms with Gasteiger partial charge in [-0.15, -0.1) is 0 Å². The van der Waals surface area contributed by atoms with Crippen molar-refractivity contribution >= 4 is 17.7 Å². The molecule has 0 amide bonds. The molecule has 0 saturated heterocycles. The zero-order valence-corrected chi connectivity index (χ0v) is 8.30. The van der Waals surface area contributed by atoms with Crippen LogP contribution in [0.15, 0.2) is 12.1 Å². The monoisotopic (exact) mass is 264 g/mol. The second kappa shape index (κ2) is 4.39. The molecular weight excluding hydrogens is 261 g/mol. The number of hydrogen-bond donors (Lipinski definition) is 0. The van der Waals surface area contributed by atoms with Crippen molar-refractivity contribution in [3.05, 3.63) is 43.5 Å². The van der Waals surface area contributed by atoms with Crippen LogP contribution in [0.4, 0.5) is 24.5 Å². The van der Waals surface area contributed by atoms with E-state index in [0.29, 0.717) is 6.07 Å². The van der Waals surface area contributed by atoms with Crippen LogP contribution in [0.3, 0.4) is 0 Å². The Balaban J connectivity index is 3.77. The molecule has 1 aromatic rings. The van der Waals surface area contributed by atoms with Crippen LogP contribution in [0.2, 0.25) is 0 Å². The molecule has 0 N–H and O–H groups in total. The number of alkyl halides is 3. The highest BCUT2D eigenvalue weighted by Gasteiger charge is 2.43. The van der Waals surface area contributed by atoms with Crippen molar-refractivity contribution in [2.24, 2.45) is 0 Å². The van der Waals surface area contributed by atoms with E-state index in [0.717, 1.165) is 0 Å². The number of hydrogen-bond acceptors (Lipinski definition) is 5. The van der Waals surface area contributed by atoms with Crippen molar-refractivity contribution in [2.45, 2.75) is 6.18 Å². The highest BCUT2D eigenvalue weighted by atomic mass is 19.4. The summed E-state index contributed by atoms with van der Waals surface area (Å²) in [5.74, 6) is 0. The number of aldehydes is 1. The van der Waals surface area contributed by atoms with Crippen LogP contribution >= 0.6 is 0 Å². The summed E-state index contributed by atoms with van der Waals surface area (Å²) >= 11 is 0. The minimum atomic E-state index is -5.17. The molecule has 96 valence electrons. The van der Waals surface area contributed by atoms with Crippen LogP contribution in [0.1, 0.15) is 15.9 Å². The van der Waals surface area contributed by atoms with E-state index in [4.69, 9.17) is 0 Å². The smallest absolute Gasteiger partial charge is 0.298 e. The number of carbonyl (C=O) groups is 1. The third kappa shape index (κ3) is 2.42. The highest BCUT2D eigenvalue weighted by Crippen LogP contribution is 2.41. The molecule has 0 saturated carbocycles. The Bertz CT molecular complexity index is 540. The first-order chi connectivity index (χ1) is 8.18. The minimum absolute atomic E-state index is 0.0635. The summed E-state index contributed by atoms with van der Waals surface area (Å²) in [5, 5.41) is 21.0. The van der Waals surface area contributed by atoms with Gasteiger partial charge in [0.15, 0.2) is 0 Å². The molecule has 1 rings (SSSR count). The van der Waals surface area contributed by atoms with E-state index >= 15 is 0 Å². The summed E-state index contributed by atoms with van der Waals surface area (Å²) in [6.45, 7) is 0. The van der Waals surface area contributed by atoms with E-state index in [1.54, 1.807) is 0 Å². The molecule has 7 nitrogen and oxygen atoms in total. The van der Waals surface area contributed by atoms with Gasteiger partial charge in [0.2, 0.25) is 0 Å². The summed E-state index contributed by atoms with van der Waals surface area (Å²) in [7, 11) is 0. The molecule has 1 aromatic carbocycles. The average molecular weight is 264 g/mol. The van der Waals surface area contributed by atoms with Gasteiger partial charge in [0.1, 0.15) is 11.8 Å². The maximum Gasteiger partial charge on any atom is 0.423 e. The lowest BCUT2D eigenvalue weighted by Crippen LogP contribution is -2.11. The molecule has 0 bridgehead atoms. The maximum absolute atomic E-state index is 12.5. The SMILES string of the molecule is O=Cc1cc([N+](=O)[O-])c([N+](=O)[O-])c(C(F)(F)F)c1. The molecule has 0 heterocycles. The van der Waals surface area contributed by atoms with E-state index in [9.17, 15) is 38.2 Å². The summed E-state index contributed by atoms with van der Waals surface area (Å²) in [5.41, 5.74) is -5.56. The molecule has 0 aromatic heterocycles. The summed E-state index contributed by atoms with van der Waals surface area (Å²) in [6, 6.07) is 0.610. The van der Waals surface area contributed by atoms with Gasteiger partial charge in [0.05, 0.1) is 9.85 Å². The predicted molar refractivity (Wildman–Crippen MR) is 50.1 cm³/mol. The van der Waals surface area contributed by atoms with Gasteiger partial charge in [0, 0.05) is 11.6 Å². The molecule has 18 heavy (non-hydrogen) atoms. The molecule has 0 aliphatic heterocycles. The number of rotatable bonds is 3. The van der Waals surface area contributed by atoms with Crippen LogP contribution < -0.4 is 0 Å². The molecule has 0 fully saturated rings. The van der Waals surface area contributed by atoms with Crippen LogP contribution in [0.5, 0.6) is 0 Å². The van der Waals surface area contributed by atoms with Gasteiger partial charge in [-0.05, 0) is 6.07 Å². The Morgan fingerprint density at radius 3 is 2.00 bits per heavy atom. The quantitative estimate of drug-likeness (QED) is 0.473. The van der Waals surface area contributed by atoms with Crippen molar-refractivity contribution in [3.8, 4) is 0 Å². The maximum atomic E-state index is 12.5. The number of halogens is 3. The topological polar surface area (TPSA) is 103 Å². The Hall–Kier alpha value is -2.52. The Labute approximate surface area is 96.1 Å². The number of nitrogens with zero attached hydrogens (tertiary/aromatic N) is 2. The van der Waals surface area contributed by atoms with Crippen molar-refractivity contribution in [2.75, 3.05) is 0 Å². The molecule has 0 aliphatic rings. The van der Waals surface area contributed by atoms with Crippen molar-refractivity contribution in [3.63, 3.8) is 0 Å². The van der Waals surface area contributed by atoms with E-state index < -0.39 is 38.5 Å². The Kier molecular flexibility index (Phi) is 3.30. The first kappa shape index (κ1) is 13.5. The number of benzene rings is 1. The van der Waals surface area contributed by atoms with Gasteiger partial charge in [-0.25, -0.2) is 0 Å². The fraction of sp³-hybridized carbons (Fsp3) is 0.125.